The minimum absolute atomic E-state index is 0.171. The minimum Gasteiger partial charge on any atom is -0.320 e. The van der Waals surface area contributed by atoms with E-state index in [-0.39, 0.29) is 5.69 Å². The average Bonchev–Trinajstić information content (AvgIpc) is 2.58. The van der Waals surface area contributed by atoms with Gasteiger partial charge in [0.05, 0.1) is 17.1 Å². The van der Waals surface area contributed by atoms with Crippen LogP contribution in [0.2, 0.25) is 0 Å². The molecule has 0 aliphatic heterocycles. The van der Waals surface area contributed by atoms with Crippen LogP contribution in [-0.2, 0) is 7.05 Å². The van der Waals surface area contributed by atoms with E-state index in [0.29, 0.717) is 22.2 Å². The standard InChI is InChI=1S/C17H12N4O2/c1-21-14-5-3-2-4-13(14)16(22)15(20-21)17(23)19-12-8-6-11(10-18)7-9-12/h2-9H,1H3,(H,19,23). The van der Waals surface area contributed by atoms with Crippen LogP contribution in [0.25, 0.3) is 10.9 Å². The molecule has 3 rings (SSSR count). The molecule has 1 amide bonds. The summed E-state index contributed by atoms with van der Waals surface area (Å²) in [5.41, 5.74) is 1.06. The lowest BCUT2D eigenvalue weighted by Crippen LogP contribution is -2.26. The molecule has 0 spiro atoms. The van der Waals surface area contributed by atoms with Crippen LogP contribution < -0.4 is 10.7 Å². The first kappa shape index (κ1) is 14.5. The summed E-state index contributed by atoms with van der Waals surface area (Å²) < 4.78 is 1.50. The Kier molecular flexibility index (Phi) is 3.61. The first-order chi connectivity index (χ1) is 11.1. The summed E-state index contributed by atoms with van der Waals surface area (Å²) in [4.78, 5) is 24.8. The number of hydrogen-bond acceptors (Lipinski definition) is 4. The van der Waals surface area contributed by atoms with Crippen molar-refractivity contribution in [3.8, 4) is 6.07 Å². The third kappa shape index (κ3) is 2.68. The Bertz CT molecular complexity index is 998. The Labute approximate surface area is 131 Å². The molecule has 1 N–H and O–H groups in total. The molecule has 1 heterocycles. The van der Waals surface area contributed by atoms with Gasteiger partial charge in [-0.2, -0.15) is 10.4 Å². The van der Waals surface area contributed by atoms with Crippen LogP contribution >= 0.6 is 0 Å². The van der Waals surface area contributed by atoms with E-state index in [9.17, 15) is 9.59 Å². The van der Waals surface area contributed by atoms with E-state index < -0.39 is 11.3 Å². The maximum atomic E-state index is 12.4. The lowest BCUT2D eigenvalue weighted by Gasteiger charge is -2.08. The van der Waals surface area contributed by atoms with E-state index in [1.165, 1.54) is 4.68 Å². The van der Waals surface area contributed by atoms with E-state index in [1.54, 1.807) is 55.6 Å². The number of nitriles is 1. The van der Waals surface area contributed by atoms with E-state index in [2.05, 4.69) is 10.4 Å². The van der Waals surface area contributed by atoms with E-state index in [1.807, 2.05) is 6.07 Å². The third-order valence-corrected chi connectivity index (χ3v) is 3.45. The average molecular weight is 304 g/mol. The largest absolute Gasteiger partial charge is 0.320 e. The molecular formula is C17H12N4O2. The second kappa shape index (κ2) is 5.73. The monoisotopic (exact) mass is 304 g/mol. The first-order valence-corrected chi connectivity index (χ1v) is 6.87. The smallest absolute Gasteiger partial charge is 0.280 e. The molecule has 0 saturated carbocycles. The topological polar surface area (TPSA) is 87.8 Å². The number of fused-ring (bicyclic) bond motifs is 1. The highest BCUT2D eigenvalue weighted by atomic mass is 16.2. The number of anilines is 1. The molecule has 23 heavy (non-hydrogen) atoms. The van der Waals surface area contributed by atoms with Crippen molar-refractivity contribution in [2.24, 2.45) is 7.05 Å². The Morgan fingerprint density at radius 2 is 1.87 bits per heavy atom. The third-order valence-electron chi connectivity index (χ3n) is 3.45. The van der Waals surface area contributed by atoms with E-state index in [0.717, 1.165) is 0 Å². The molecule has 0 bridgehead atoms. The number of nitrogens with zero attached hydrogens (tertiary/aromatic N) is 3. The van der Waals surface area contributed by atoms with Crippen molar-refractivity contribution >= 4 is 22.5 Å². The normalized spacial score (nSPS) is 10.3. The summed E-state index contributed by atoms with van der Waals surface area (Å²) in [6.45, 7) is 0. The summed E-state index contributed by atoms with van der Waals surface area (Å²) >= 11 is 0. The number of rotatable bonds is 2. The molecule has 0 aliphatic rings. The molecule has 2 aromatic carbocycles. The van der Waals surface area contributed by atoms with E-state index in [4.69, 9.17) is 5.26 Å². The second-order valence-corrected chi connectivity index (χ2v) is 4.96. The molecule has 112 valence electrons. The molecular weight excluding hydrogens is 292 g/mol. The number of para-hydroxylation sites is 1. The highest BCUT2D eigenvalue weighted by molar-refractivity contribution is 6.04. The van der Waals surface area contributed by atoms with Gasteiger partial charge in [0.15, 0.2) is 5.69 Å². The molecule has 1 aromatic heterocycles. The zero-order chi connectivity index (χ0) is 16.4. The van der Waals surface area contributed by atoms with Gasteiger partial charge in [0.2, 0.25) is 5.43 Å². The number of amides is 1. The van der Waals surface area contributed by atoms with Gasteiger partial charge in [0.1, 0.15) is 0 Å². The van der Waals surface area contributed by atoms with Crippen molar-refractivity contribution in [2.45, 2.75) is 0 Å². The molecule has 0 aliphatic carbocycles. The quantitative estimate of drug-likeness (QED) is 0.785. The molecule has 0 fully saturated rings. The molecule has 0 radical (unpaired) electrons. The minimum atomic E-state index is -0.582. The van der Waals surface area contributed by atoms with Crippen molar-refractivity contribution in [3.05, 3.63) is 70.0 Å². The number of carbonyl (C=O) groups excluding carboxylic acids is 1. The summed E-state index contributed by atoms with van der Waals surface area (Å²) in [7, 11) is 1.68. The second-order valence-electron chi connectivity index (χ2n) is 4.96. The summed E-state index contributed by atoms with van der Waals surface area (Å²) in [5, 5.41) is 15.9. The fourth-order valence-corrected chi connectivity index (χ4v) is 2.29. The number of aromatic nitrogens is 2. The molecule has 0 unspecified atom stereocenters. The van der Waals surface area contributed by atoms with Crippen LogP contribution in [0.3, 0.4) is 0 Å². The van der Waals surface area contributed by atoms with Crippen molar-refractivity contribution in [3.63, 3.8) is 0 Å². The molecule has 3 aromatic rings. The van der Waals surface area contributed by atoms with E-state index >= 15 is 0 Å². The molecule has 0 saturated heterocycles. The van der Waals surface area contributed by atoms with Crippen LogP contribution in [0.4, 0.5) is 5.69 Å². The number of benzene rings is 2. The predicted molar refractivity (Wildman–Crippen MR) is 86.1 cm³/mol. The molecule has 0 atom stereocenters. The maximum absolute atomic E-state index is 12.4. The first-order valence-electron chi connectivity index (χ1n) is 6.87. The van der Waals surface area contributed by atoms with Gasteiger partial charge in [-0.3, -0.25) is 14.3 Å². The van der Waals surface area contributed by atoms with Crippen molar-refractivity contribution in [1.82, 2.24) is 9.78 Å². The zero-order valence-corrected chi connectivity index (χ0v) is 12.3. The van der Waals surface area contributed by atoms with Gasteiger partial charge in [0.25, 0.3) is 5.91 Å². The van der Waals surface area contributed by atoms with Gasteiger partial charge in [0, 0.05) is 18.1 Å². The fraction of sp³-hybridized carbons (Fsp3) is 0.0588. The Morgan fingerprint density at radius 1 is 1.17 bits per heavy atom. The highest BCUT2D eigenvalue weighted by Gasteiger charge is 2.16. The Morgan fingerprint density at radius 3 is 2.57 bits per heavy atom. The lowest BCUT2D eigenvalue weighted by molar-refractivity contribution is 0.101. The van der Waals surface area contributed by atoms with Gasteiger partial charge in [-0.05, 0) is 36.4 Å². The Hall–Kier alpha value is -3.46. The summed E-state index contributed by atoms with van der Waals surface area (Å²) in [6.07, 6.45) is 0. The van der Waals surface area contributed by atoms with Crippen LogP contribution in [0.1, 0.15) is 16.1 Å². The van der Waals surface area contributed by atoms with Gasteiger partial charge >= 0.3 is 0 Å². The predicted octanol–water partition coefficient (Wildman–Crippen LogP) is 2.06. The summed E-state index contributed by atoms with van der Waals surface area (Å²) in [6, 6.07) is 15.3. The van der Waals surface area contributed by atoms with Crippen molar-refractivity contribution in [2.75, 3.05) is 5.32 Å². The van der Waals surface area contributed by atoms with Crippen molar-refractivity contribution in [1.29, 1.82) is 5.26 Å². The lowest BCUT2D eigenvalue weighted by atomic mass is 10.2. The van der Waals surface area contributed by atoms with Crippen LogP contribution in [0.15, 0.2) is 53.3 Å². The fourth-order valence-electron chi connectivity index (χ4n) is 2.29. The van der Waals surface area contributed by atoms with Crippen LogP contribution in [0.5, 0.6) is 0 Å². The van der Waals surface area contributed by atoms with Gasteiger partial charge < -0.3 is 5.32 Å². The number of hydrogen-bond donors (Lipinski definition) is 1. The molecule has 6 heteroatoms. The Balaban J connectivity index is 1.99. The zero-order valence-electron chi connectivity index (χ0n) is 12.3. The number of nitrogens with one attached hydrogen (secondary N) is 1. The highest BCUT2D eigenvalue weighted by Crippen LogP contribution is 2.11. The van der Waals surface area contributed by atoms with Gasteiger partial charge in [-0.15, -0.1) is 0 Å². The SMILES string of the molecule is Cn1nc(C(=O)Nc2ccc(C#N)cc2)c(=O)c2ccccc21. The molecule has 6 nitrogen and oxygen atoms in total. The van der Waals surface area contributed by atoms with Crippen molar-refractivity contribution < 1.29 is 4.79 Å². The number of aryl methyl sites for hydroxylation is 1. The number of carbonyl (C=O) groups is 1. The maximum Gasteiger partial charge on any atom is 0.280 e. The van der Waals surface area contributed by atoms with Gasteiger partial charge in [-0.1, -0.05) is 12.1 Å². The van der Waals surface area contributed by atoms with Crippen LogP contribution in [-0.4, -0.2) is 15.7 Å². The van der Waals surface area contributed by atoms with Crippen LogP contribution in [0, 0.1) is 11.3 Å². The summed E-state index contributed by atoms with van der Waals surface area (Å²) in [5.74, 6) is -0.582. The van der Waals surface area contributed by atoms with Gasteiger partial charge in [-0.25, -0.2) is 0 Å².